The summed E-state index contributed by atoms with van der Waals surface area (Å²) >= 11 is 0. The van der Waals surface area contributed by atoms with Crippen molar-refractivity contribution in [2.75, 3.05) is 0 Å². The Kier molecular flexibility index (Phi) is 4.63. The third-order valence-corrected chi connectivity index (χ3v) is 5.60. The molecule has 1 aromatic heterocycles. The molecule has 1 aliphatic carbocycles. The van der Waals surface area contributed by atoms with E-state index in [0.29, 0.717) is 12.0 Å². The van der Waals surface area contributed by atoms with Gasteiger partial charge >= 0.3 is 0 Å². The second kappa shape index (κ2) is 6.47. The van der Waals surface area contributed by atoms with Crippen LogP contribution in [0.2, 0.25) is 0 Å². The largest absolute Gasteiger partial charge is 0.326 e. The number of hydrogen-bond acceptors (Lipinski definition) is 3. The molecule has 0 bridgehead atoms. The van der Waals surface area contributed by atoms with E-state index in [1.54, 1.807) is 0 Å². The molecule has 1 saturated carbocycles. The van der Waals surface area contributed by atoms with E-state index < -0.39 is 0 Å². The SMILES string of the molecule is CCCCC1CCC(c2nc3n(n2)C(C)C(N)CC3)CC1. The van der Waals surface area contributed by atoms with Crippen molar-refractivity contribution in [2.24, 2.45) is 11.7 Å². The standard InChI is InChI=1S/C17H30N4/c1-3-4-5-13-6-8-14(9-7-13)17-19-16-11-10-15(18)12(2)21(16)20-17/h12-15H,3-11,18H2,1-2H3. The Hall–Kier alpha value is -0.900. The van der Waals surface area contributed by atoms with Crippen LogP contribution < -0.4 is 5.73 Å². The molecule has 2 heterocycles. The first-order chi connectivity index (χ1) is 10.2. The van der Waals surface area contributed by atoms with Crippen molar-refractivity contribution < 1.29 is 0 Å². The van der Waals surface area contributed by atoms with Crippen LogP contribution >= 0.6 is 0 Å². The van der Waals surface area contributed by atoms with Gasteiger partial charge in [0.2, 0.25) is 0 Å². The fourth-order valence-corrected chi connectivity index (χ4v) is 3.96. The minimum absolute atomic E-state index is 0.233. The Morgan fingerprint density at radius 2 is 1.95 bits per heavy atom. The summed E-state index contributed by atoms with van der Waals surface area (Å²) < 4.78 is 2.10. The number of aryl methyl sites for hydroxylation is 1. The van der Waals surface area contributed by atoms with Gasteiger partial charge in [-0.15, -0.1) is 0 Å². The van der Waals surface area contributed by atoms with Crippen LogP contribution in [0, 0.1) is 5.92 Å². The van der Waals surface area contributed by atoms with Gasteiger partial charge in [0.25, 0.3) is 0 Å². The fraction of sp³-hybridized carbons (Fsp3) is 0.882. The quantitative estimate of drug-likeness (QED) is 0.922. The lowest BCUT2D eigenvalue weighted by Gasteiger charge is -2.27. The number of aromatic nitrogens is 3. The first-order valence-electron chi connectivity index (χ1n) is 8.90. The van der Waals surface area contributed by atoms with Gasteiger partial charge < -0.3 is 5.73 Å². The van der Waals surface area contributed by atoms with E-state index in [0.717, 1.165) is 30.4 Å². The van der Waals surface area contributed by atoms with Crippen molar-refractivity contribution >= 4 is 0 Å². The molecule has 1 aromatic rings. The second-order valence-corrected chi connectivity index (χ2v) is 7.13. The van der Waals surface area contributed by atoms with Crippen LogP contribution in [-0.4, -0.2) is 20.8 Å². The Morgan fingerprint density at radius 3 is 2.67 bits per heavy atom. The van der Waals surface area contributed by atoms with Gasteiger partial charge in [-0.05, 0) is 44.9 Å². The van der Waals surface area contributed by atoms with Crippen molar-refractivity contribution in [3.05, 3.63) is 11.6 Å². The van der Waals surface area contributed by atoms with E-state index in [2.05, 4.69) is 18.5 Å². The molecule has 1 aliphatic heterocycles. The van der Waals surface area contributed by atoms with Gasteiger partial charge in [-0.3, -0.25) is 0 Å². The summed E-state index contributed by atoms with van der Waals surface area (Å²) in [7, 11) is 0. The maximum absolute atomic E-state index is 6.16. The van der Waals surface area contributed by atoms with Crippen molar-refractivity contribution in [1.82, 2.24) is 14.8 Å². The van der Waals surface area contributed by atoms with Gasteiger partial charge in [-0.25, -0.2) is 9.67 Å². The molecule has 3 rings (SSSR count). The van der Waals surface area contributed by atoms with E-state index in [-0.39, 0.29) is 6.04 Å². The summed E-state index contributed by atoms with van der Waals surface area (Å²) in [6.07, 6.45) is 11.5. The zero-order chi connectivity index (χ0) is 14.8. The van der Waals surface area contributed by atoms with Gasteiger partial charge in [0.1, 0.15) is 5.82 Å². The average molecular weight is 290 g/mol. The van der Waals surface area contributed by atoms with Crippen LogP contribution in [-0.2, 0) is 6.42 Å². The Labute approximate surface area is 128 Å². The molecule has 118 valence electrons. The zero-order valence-corrected chi connectivity index (χ0v) is 13.6. The van der Waals surface area contributed by atoms with Crippen molar-refractivity contribution in [3.63, 3.8) is 0 Å². The van der Waals surface area contributed by atoms with Crippen molar-refractivity contribution in [3.8, 4) is 0 Å². The summed E-state index contributed by atoms with van der Waals surface area (Å²) in [6, 6.07) is 0.535. The summed E-state index contributed by atoms with van der Waals surface area (Å²) in [5.74, 6) is 3.79. The average Bonchev–Trinajstić information content (AvgIpc) is 2.94. The molecule has 0 amide bonds. The first-order valence-corrected chi connectivity index (χ1v) is 8.90. The highest BCUT2D eigenvalue weighted by Crippen LogP contribution is 2.37. The highest BCUT2D eigenvalue weighted by atomic mass is 15.4. The molecule has 21 heavy (non-hydrogen) atoms. The van der Waals surface area contributed by atoms with Crippen LogP contribution in [0.15, 0.2) is 0 Å². The molecule has 2 N–H and O–H groups in total. The predicted molar refractivity (Wildman–Crippen MR) is 85.3 cm³/mol. The van der Waals surface area contributed by atoms with Gasteiger partial charge in [-0.1, -0.05) is 26.2 Å². The third kappa shape index (κ3) is 3.15. The fourth-order valence-electron chi connectivity index (χ4n) is 3.96. The van der Waals surface area contributed by atoms with Crippen LogP contribution in [0.3, 0.4) is 0 Å². The van der Waals surface area contributed by atoms with E-state index in [9.17, 15) is 0 Å². The van der Waals surface area contributed by atoms with Crippen LogP contribution in [0.4, 0.5) is 0 Å². The topological polar surface area (TPSA) is 56.7 Å². The normalized spacial score (nSPS) is 32.9. The molecule has 1 fully saturated rings. The molecule has 2 atom stereocenters. The molecule has 0 radical (unpaired) electrons. The van der Waals surface area contributed by atoms with Gasteiger partial charge in [0.15, 0.2) is 5.82 Å². The smallest absolute Gasteiger partial charge is 0.154 e. The highest BCUT2D eigenvalue weighted by Gasteiger charge is 2.30. The molecule has 2 unspecified atom stereocenters. The van der Waals surface area contributed by atoms with E-state index in [1.807, 2.05) is 0 Å². The second-order valence-electron chi connectivity index (χ2n) is 7.13. The van der Waals surface area contributed by atoms with Crippen LogP contribution in [0.5, 0.6) is 0 Å². The maximum Gasteiger partial charge on any atom is 0.154 e. The maximum atomic E-state index is 6.16. The van der Waals surface area contributed by atoms with Crippen molar-refractivity contribution in [1.29, 1.82) is 0 Å². The summed E-state index contributed by atoms with van der Waals surface area (Å²) in [5, 5.41) is 4.82. The van der Waals surface area contributed by atoms with Gasteiger partial charge in [0.05, 0.1) is 6.04 Å². The van der Waals surface area contributed by atoms with Crippen molar-refractivity contribution in [2.45, 2.75) is 89.6 Å². The molecular weight excluding hydrogens is 260 g/mol. The summed E-state index contributed by atoms with van der Waals surface area (Å²) in [4.78, 5) is 4.84. The number of nitrogens with two attached hydrogens (primary N) is 1. The predicted octanol–water partition coefficient (Wildman–Crippen LogP) is 3.58. The van der Waals surface area contributed by atoms with Gasteiger partial charge in [-0.2, -0.15) is 5.10 Å². The Balaban J connectivity index is 1.63. The van der Waals surface area contributed by atoms with E-state index in [4.69, 9.17) is 15.8 Å². The molecular formula is C17H30N4. The molecule has 4 nitrogen and oxygen atoms in total. The number of unbranched alkanes of at least 4 members (excludes halogenated alkanes) is 1. The minimum Gasteiger partial charge on any atom is -0.326 e. The summed E-state index contributed by atoms with van der Waals surface area (Å²) in [6.45, 7) is 4.46. The molecule has 0 saturated heterocycles. The molecule has 0 aromatic carbocycles. The Morgan fingerprint density at radius 1 is 1.19 bits per heavy atom. The number of hydrogen-bond donors (Lipinski definition) is 1. The summed E-state index contributed by atoms with van der Waals surface area (Å²) in [5.41, 5.74) is 6.16. The minimum atomic E-state index is 0.233. The number of rotatable bonds is 4. The number of nitrogens with zero attached hydrogens (tertiary/aromatic N) is 3. The first kappa shape index (κ1) is 15.0. The lowest BCUT2D eigenvalue weighted by molar-refractivity contribution is 0.295. The Bertz CT molecular complexity index is 459. The van der Waals surface area contributed by atoms with E-state index in [1.165, 1.54) is 44.9 Å². The molecule has 4 heteroatoms. The molecule has 2 aliphatic rings. The van der Waals surface area contributed by atoms with Crippen LogP contribution in [0.25, 0.3) is 0 Å². The lowest BCUT2D eigenvalue weighted by Crippen LogP contribution is -2.36. The lowest BCUT2D eigenvalue weighted by atomic mass is 9.79. The number of fused-ring (bicyclic) bond motifs is 1. The third-order valence-electron chi connectivity index (χ3n) is 5.60. The monoisotopic (exact) mass is 290 g/mol. The highest BCUT2D eigenvalue weighted by molar-refractivity contribution is 5.05. The van der Waals surface area contributed by atoms with E-state index >= 15 is 0 Å². The van der Waals surface area contributed by atoms with Gasteiger partial charge in [0, 0.05) is 18.4 Å². The van der Waals surface area contributed by atoms with Crippen LogP contribution in [0.1, 0.15) is 88.8 Å². The molecule has 0 spiro atoms. The zero-order valence-electron chi connectivity index (χ0n) is 13.6.